The van der Waals surface area contributed by atoms with E-state index in [0.717, 1.165) is 49.4 Å². The van der Waals surface area contributed by atoms with Crippen LogP contribution in [0.15, 0.2) is 18.2 Å². The second-order valence-corrected chi connectivity index (χ2v) is 4.38. The Morgan fingerprint density at radius 3 is 3.11 bits per heavy atom. The molecule has 0 bridgehead atoms. The first-order valence-corrected chi connectivity index (χ1v) is 6.56. The molecule has 4 nitrogen and oxygen atoms in total. The van der Waals surface area contributed by atoms with Crippen molar-refractivity contribution in [3.8, 4) is 5.75 Å². The summed E-state index contributed by atoms with van der Waals surface area (Å²) >= 11 is 0. The third kappa shape index (κ3) is 3.23. The lowest BCUT2D eigenvalue weighted by Gasteiger charge is -2.06. The Morgan fingerprint density at radius 1 is 1.39 bits per heavy atom. The maximum absolute atomic E-state index is 11.9. The monoisotopic (exact) mass is 248 g/mol. The standard InChI is InChI=1S/C14H20N2O2/c1-2-15-7-3-8-16-14(17)12-4-5-13-11(10-12)6-9-18-13/h4-5,10,15H,2-3,6-9H2,1H3,(H,16,17). The van der Waals surface area contributed by atoms with Crippen LogP contribution in [0.1, 0.15) is 29.3 Å². The summed E-state index contributed by atoms with van der Waals surface area (Å²) in [5.41, 5.74) is 1.86. The predicted octanol–water partition coefficient (Wildman–Crippen LogP) is 1.35. The Hall–Kier alpha value is -1.55. The molecule has 2 N–H and O–H groups in total. The first-order valence-electron chi connectivity index (χ1n) is 6.56. The minimum Gasteiger partial charge on any atom is -0.493 e. The Kier molecular flexibility index (Phi) is 4.59. The largest absolute Gasteiger partial charge is 0.493 e. The summed E-state index contributed by atoms with van der Waals surface area (Å²) in [6, 6.07) is 5.64. The van der Waals surface area contributed by atoms with Crippen LogP contribution in [0.3, 0.4) is 0 Å². The molecule has 1 aromatic carbocycles. The fourth-order valence-corrected chi connectivity index (χ4v) is 2.02. The molecule has 0 unspecified atom stereocenters. The van der Waals surface area contributed by atoms with Gasteiger partial charge >= 0.3 is 0 Å². The molecule has 98 valence electrons. The van der Waals surface area contributed by atoms with Gasteiger partial charge in [0.15, 0.2) is 0 Å². The third-order valence-corrected chi connectivity index (χ3v) is 3.02. The number of benzene rings is 1. The zero-order valence-electron chi connectivity index (χ0n) is 10.8. The molecule has 1 amide bonds. The van der Waals surface area contributed by atoms with Crippen molar-refractivity contribution in [2.75, 3.05) is 26.2 Å². The van der Waals surface area contributed by atoms with Gasteiger partial charge in [-0.2, -0.15) is 0 Å². The molecule has 18 heavy (non-hydrogen) atoms. The maximum Gasteiger partial charge on any atom is 0.251 e. The molecule has 0 saturated carbocycles. The number of hydrogen-bond donors (Lipinski definition) is 2. The number of rotatable bonds is 6. The highest BCUT2D eigenvalue weighted by atomic mass is 16.5. The number of amides is 1. The van der Waals surface area contributed by atoms with Crippen LogP contribution >= 0.6 is 0 Å². The molecule has 1 aliphatic heterocycles. The van der Waals surface area contributed by atoms with Crippen LogP contribution in [0.4, 0.5) is 0 Å². The Balaban J connectivity index is 1.82. The van der Waals surface area contributed by atoms with Gasteiger partial charge in [0, 0.05) is 18.5 Å². The van der Waals surface area contributed by atoms with E-state index in [1.807, 2.05) is 18.2 Å². The summed E-state index contributed by atoms with van der Waals surface area (Å²) < 4.78 is 5.42. The topological polar surface area (TPSA) is 50.4 Å². The summed E-state index contributed by atoms with van der Waals surface area (Å²) in [4.78, 5) is 11.9. The fraction of sp³-hybridized carbons (Fsp3) is 0.500. The van der Waals surface area contributed by atoms with E-state index in [1.165, 1.54) is 0 Å². The van der Waals surface area contributed by atoms with Crippen molar-refractivity contribution in [1.29, 1.82) is 0 Å². The van der Waals surface area contributed by atoms with E-state index in [-0.39, 0.29) is 5.91 Å². The van der Waals surface area contributed by atoms with E-state index in [2.05, 4.69) is 17.6 Å². The van der Waals surface area contributed by atoms with Gasteiger partial charge in [0.1, 0.15) is 5.75 Å². The van der Waals surface area contributed by atoms with E-state index in [1.54, 1.807) is 0 Å². The van der Waals surface area contributed by atoms with Crippen LogP contribution in [0, 0.1) is 0 Å². The Morgan fingerprint density at radius 2 is 2.28 bits per heavy atom. The second kappa shape index (κ2) is 6.40. The predicted molar refractivity (Wildman–Crippen MR) is 71.1 cm³/mol. The van der Waals surface area contributed by atoms with Gasteiger partial charge < -0.3 is 15.4 Å². The SMILES string of the molecule is CCNCCCNC(=O)c1ccc2c(c1)CCO2. The van der Waals surface area contributed by atoms with Crippen molar-refractivity contribution >= 4 is 5.91 Å². The maximum atomic E-state index is 11.9. The van der Waals surface area contributed by atoms with Gasteiger partial charge in [-0.25, -0.2) is 0 Å². The van der Waals surface area contributed by atoms with Crippen molar-refractivity contribution in [2.45, 2.75) is 19.8 Å². The highest BCUT2D eigenvalue weighted by Gasteiger charge is 2.14. The van der Waals surface area contributed by atoms with E-state index < -0.39 is 0 Å². The second-order valence-electron chi connectivity index (χ2n) is 4.38. The van der Waals surface area contributed by atoms with Gasteiger partial charge in [-0.15, -0.1) is 0 Å². The summed E-state index contributed by atoms with van der Waals surface area (Å²) in [5.74, 6) is 0.917. The highest BCUT2D eigenvalue weighted by molar-refractivity contribution is 5.94. The van der Waals surface area contributed by atoms with Crippen molar-refractivity contribution in [3.63, 3.8) is 0 Å². The van der Waals surface area contributed by atoms with E-state index >= 15 is 0 Å². The number of nitrogens with one attached hydrogen (secondary N) is 2. The average Bonchev–Trinajstić information content (AvgIpc) is 2.85. The zero-order chi connectivity index (χ0) is 12.8. The molecular formula is C14H20N2O2. The van der Waals surface area contributed by atoms with Gasteiger partial charge in [0.25, 0.3) is 5.91 Å². The molecule has 0 radical (unpaired) electrons. The van der Waals surface area contributed by atoms with Gasteiger partial charge in [-0.1, -0.05) is 6.92 Å². The van der Waals surface area contributed by atoms with E-state index in [0.29, 0.717) is 6.54 Å². The summed E-state index contributed by atoms with van der Waals surface area (Å²) in [5, 5.41) is 6.16. The first kappa shape index (κ1) is 12.9. The van der Waals surface area contributed by atoms with Crippen molar-refractivity contribution in [3.05, 3.63) is 29.3 Å². The lowest BCUT2D eigenvalue weighted by atomic mass is 10.1. The molecule has 0 spiro atoms. The van der Waals surface area contributed by atoms with Gasteiger partial charge in [-0.05, 0) is 43.3 Å². The van der Waals surface area contributed by atoms with Crippen LogP contribution in [-0.2, 0) is 6.42 Å². The van der Waals surface area contributed by atoms with E-state index in [9.17, 15) is 4.79 Å². The Labute approximate surface area is 108 Å². The molecule has 1 aromatic rings. The molecule has 0 fully saturated rings. The van der Waals surface area contributed by atoms with E-state index in [4.69, 9.17) is 4.74 Å². The summed E-state index contributed by atoms with van der Waals surface area (Å²) in [6.07, 6.45) is 1.85. The highest BCUT2D eigenvalue weighted by Crippen LogP contribution is 2.25. The van der Waals surface area contributed by atoms with Crippen LogP contribution in [0.2, 0.25) is 0 Å². The number of hydrogen-bond acceptors (Lipinski definition) is 3. The first-order chi connectivity index (χ1) is 8.81. The molecule has 1 aliphatic rings. The normalized spacial score (nSPS) is 12.9. The van der Waals surface area contributed by atoms with Gasteiger partial charge in [0.2, 0.25) is 0 Å². The molecule has 0 saturated heterocycles. The molecule has 0 aliphatic carbocycles. The van der Waals surface area contributed by atoms with Crippen LogP contribution in [0.5, 0.6) is 5.75 Å². The number of carbonyl (C=O) groups excluding carboxylic acids is 1. The molecule has 4 heteroatoms. The fourth-order valence-electron chi connectivity index (χ4n) is 2.02. The number of fused-ring (bicyclic) bond motifs is 1. The zero-order valence-corrected chi connectivity index (χ0v) is 10.8. The number of carbonyl (C=O) groups is 1. The molecule has 1 heterocycles. The summed E-state index contributed by atoms with van der Waals surface area (Å²) in [7, 11) is 0. The third-order valence-electron chi connectivity index (χ3n) is 3.02. The minimum absolute atomic E-state index is 0.00111. The average molecular weight is 248 g/mol. The summed E-state index contributed by atoms with van der Waals surface area (Å²) in [6.45, 7) is 5.42. The van der Waals surface area contributed by atoms with Crippen LogP contribution < -0.4 is 15.4 Å². The molecule has 2 rings (SSSR count). The van der Waals surface area contributed by atoms with Gasteiger partial charge in [0.05, 0.1) is 6.61 Å². The van der Waals surface area contributed by atoms with Crippen molar-refractivity contribution < 1.29 is 9.53 Å². The quantitative estimate of drug-likeness (QED) is 0.747. The van der Waals surface area contributed by atoms with Crippen molar-refractivity contribution in [1.82, 2.24) is 10.6 Å². The Bertz CT molecular complexity index is 418. The van der Waals surface area contributed by atoms with Crippen LogP contribution in [0.25, 0.3) is 0 Å². The molecule has 0 aromatic heterocycles. The lowest BCUT2D eigenvalue weighted by molar-refractivity contribution is 0.0953. The molecular weight excluding hydrogens is 228 g/mol. The molecule has 0 atom stereocenters. The lowest BCUT2D eigenvalue weighted by Crippen LogP contribution is -2.27. The van der Waals surface area contributed by atoms with Crippen LogP contribution in [-0.4, -0.2) is 32.1 Å². The van der Waals surface area contributed by atoms with Gasteiger partial charge in [-0.3, -0.25) is 4.79 Å². The van der Waals surface area contributed by atoms with Crippen molar-refractivity contribution in [2.24, 2.45) is 0 Å². The minimum atomic E-state index is 0.00111. The smallest absolute Gasteiger partial charge is 0.251 e. The number of ether oxygens (including phenoxy) is 1.